The van der Waals surface area contributed by atoms with Crippen molar-refractivity contribution in [3.8, 4) is 0 Å². The number of carboxylic acids is 1. The summed E-state index contributed by atoms with van der Waals surface area (Å²) in [6.45, 7) is 0.266. The number of aliphatic carboxylic acids is 1. The van der Waals surface area contributed by atoms with E-state index in [1.54, 1.807) is 24.3 Å². The zero-order chi connectivity index (χ0) is 13.1. The van der Waals surface area contributed by atoms with Crippen molar-refractivity contribution in [2.45, 2.75) is 19.4 Å². The normalized spacial score (nSPS) is 10.7. The Kier molecular flexibility index (Phi) is 3.27. The molecular formula is C12H12N2O4. The van der Waals surface area contributed by atoms with Gasteiger partial charge in [-0.3, -0.25) is 19.1 Å². The quantitative estimate of drug-likeness (QED) is 0.826. The second-order valence-electron chi connectivity index (χ2n) is 3.93. The summed E-state index contributed by atoms with van der Waals surface area (Å²) in [7, 11) is 0. The fraction of sp³-hybridized carbons (Fsp3) is 0.250. The molecule has 94 valence electrons. The van der Waals surface area contributed by atoms with E-state index in [9.17, 15) is 14.4 Å². The lowest BCUT2D eigenvalue weighted by atomic mass is 10.2. The molecule has 1 aromatic heterocycles. The largest absolute Gasteiger partial charge is 0.481 e. The van der Waals surface area contributed by atoms with Crippen LogP contribution in [-0.4, -0.2) is 20.6 Å². The first-order valence-electron chi connectivity index (χ1n) is 5.53. The third kappa shape index (κ3) is 2.32. The average Bonchev–Trinajstić information content (AvgIpc) is 2.33. The van der Waals surface area contributed by atoms with Crippen LogP contribution in [0.25, 0.3) is 10.9 Å². The maximum atomic E-state index is 11.7. The molecule has 0 saturated heterocycles. The second kappa shape index (κ2) is 4.87. The van der Waals surface area contributed by atoms with Crippen LogP contribution in [0, 0.1) is 0 Å². The Hall–Kier alpha value is -2.37. The summed E-state index contributed by atoms with van der Waals surface area (Å²) in [6.07, 6.45) is 0.325. The Balaban J connectivity index is 2.46. The van der Waals surface area contributed by atoms with Crippen molar-refractivity contribution in [3.63, 3.8) is 0 Å². The molecule has 0 unspecified atom stereocenters. The van der Waals surface area contributed by atoms with E-state index in [0.717, 1.165) is 0 Å². The minimum atomic E-state index is -0.906. The van der Waals surface area contributed by atoms with Crippen molar-refractivity contribution >= 4 is 16.9 Å². The highest BCUT2D eigenvalue weighted by atomic mass is 16.4. The molecule has 2 N–H and O–H groups in total. The third-order valence-electron chi connectivity index (χ3n) is 2.68. The standard InChI is InChI=1S/C12H12N2O4/c15-10(16)6-3-7-14-9-5-2-1-4-8(9)11(17)13-12(14)18/h1-2,4-5H,3,6-7H2,(H,15,16)(H,13,17,18). The molecule has 0 atom stereocenters. The highest BCUT2D eigenvalue weighted by molar-refractivity contribution is 5.77. The molecule has 6 heteroatoms. The van der Waals surface area contributed by atoms with Gasteiger partial charge < -0.3 is 5.11 Å². The number of hydrogen-bond donors (Lipinski definition) is 2. The van der Waals surface area contributed by atoms with Gasteiger partial charge in [-0.25, -0.2) is 4.79 Å². The first kappa shape index (κ1) is 12.1. The lowest BCUT2D eigenvalue weighted by molar-refractivity contribution is -0.137. The number of aromatic nitrogens is 2. The predicted molar refractivity (Wildman–Crippen MR) is 65.7 cm³/mol. The minimum Gasteiger partial charge on any atom is -0.481 e. The van der Waals surface area contributed by atoms with E-state index in [-0.39, 0.29) is 13.0 Å². The van der Waals surface area contributed by atoms with E-state index in [0.29, 0.717) is 17.3 Å². The van der Waals surface area contributed by atoms with Crippen LogP contribution in [-0.2, 0) is 11.3 Å². The number of carbonyl (C=O) groups is 1. The molecule has 1 heterocycles. The van der Waals surface area contributed by atoms with Crippen LogP contribution >= 0.6 is 0 Å². The van der Waals surface area contributed by atoms with Gasteiger partial charge in [-0.2, -0.15) is 0 Å². The van der Waals surface area contributed by atoms with Gasteiger partial charge in [0.25, 0.3) is 5.56 Å². The monoisotopic (exact) mass is 248 g/mol. The number of para-hydroxylation sites is 1. The average molecular weight is 248 g/mol. The van der Waals surface area contributed by atoms with E-state index in [4.69, 9.17) is 5.11 Å². The first-order chi connectivity index (χ1) is 8.59. The van der Waals surface area contributed by atoms with Crippen LogP contribution in [0.1, 0.15) is 12.8 Å². The molecule has 0 aliphatic rings. The maximum absolute atomic E-state index is 11.7. The van der Waals surface area contributed by atoms with Gasteiger partial charge in [-0.05, 0) is 18.6 Å². The van der Waals surface area contributed by atoms with Crippen molar-refractivity contribution in [2.75, 3.05) is 0 Å². The highest BCUT2D eigenvalue weighted by Crippen LogP contribution is 2.07. The van der Waals surface area contributed by atoms with Crippen LogP contribution in [0.3, 0.4) is 0 Å². The number of carboxylic acid groups (broad SMARTS) is 1. The third-order valence-corrected chi connectivity index (χ3v) is 2.68. The number of benzene rings is 1. The highest BCUT2D eigenvalue weighted by Gasteiger charge is 2.07. The van der Waals surface area contributed by atoms with Gasteiger partial charge in [0.1, 0.15) is 0 Å². The molecule has 0 aliphatic heterocycles. The summed E-state index contributed by atoms with van der Waals surface area (Å²) in [5.74, 6) is -0.906. The zero-order valence-corrected chi connectivity index (χ0v) is 9.55. The molecule has 2 aromatic rings. The van der Waals surface area contributed by atoms with Gasteiger partial charge in [0.05, 0.1) is 10.9 Å². The number of aryl methyl sites for hydroxylation is 1. The maximum Gasteiger partial charge on any atom is 0.328 e. The Labute approximate surface area is 102 Å². The summed E-state index contributed by atoms with van der Waals surface area (Å²) >= 11 is 0. The summed E-state index contributed by atoms with van der Waals surface area (Å²) in [4.78, 5) is 35.9. The number of nitrogens with one attached hydrogen (secondary N) is 1. The van der Waals surface area contributed by atoms with Gasteiger partial charge in [0, 0.05) is 13.0 Å². The predicted octanol–water partition coefficient (Wildman–Crippen LogP) is 0.555. The van der Waals surface area contributed by atoms with Crippen molar-refractivity contribution in [2.24, 2.45) is 0 Å². The molecule has 1 aromatic carbocycles. The molecule has 0 saturated carbocycles. The van der Waals surface area contributed by atoms with E-state index in [1.807, 2.05) is 0 Å². The van der Waals surface area contributed by atoms with Gasteiger partial charge in [-0.1, -0.05) is 12.1 Å². The minimum absolute atomic E-state index is 0.0140. The number of fused-ring (bicyclic) bond motifs is 1. The van der Waals surface area contributed by atoms with Crippen LogP contribution in [0.5, 0.6) is 0 Å². The summed E-state index contributed by atoms with van der Waals surface area (Å²) < 4.78 is 1.39. The van der Waals surface area contributed by atoms with E-state index in [1.165, 1.54) is 4.57 Å². The molecule has 0 radical (unpaired) electrons. The molecule has 0 fully saturated rings. The van der Waals surface area contributed by atoms with Crippen molar-refractivity contribution in [1.29, 1.82) is 0 Å². The molecule has 0 aliphatic carbocycles. The van der Waals surface area contributed by atoms with Gasteiger partial charge >= 0.3 is 11.7 Å². The van der Waals surface area contributed by atoms with Crippen LogP contribution in [0.2, 0.25) is 0 Å². The van der Waals surface area contributed by atoms with Crippen molar-refractivity contribution in [1.82, 2.24) is 9.55 Å². The molecule has 0 amide bonds. The molecular weight excluding hydrogens is 236 g/mol. The Morgan fingerprint density at radius 3 is 2.72 bits per heavy atom. The summed E-state index contributed by atoms with van der Waals surface area (Å²) in [5, 5.41) is 9.00. The van der Waals surface area contributed by atoms with Crippen LogP contribution < -0.4 is 11.2 Å². The molecule has 0 bridgehead atoms. The van der Waals surface area contributed by atoms with E-state index < -0.39 is 17.2 Å². The number of hydrogen-bond acceptors (Lipinski definition) is 3. The van der Waals surface area contributed by atoms with Crippen molar-refractivity contribution in [3.05, 3.63) is 45.1 Å². The zero-order valence-electron chi connectivity index (χ0n) is 9.55. The Bertz CT molecular complexity index is 699. The van der Waals surface area contributed by atoms with Gasteiger partial charge in [0.15, 0.2) is 0 Å². The molecule has 0 spiro atoms. The first-order valence-corrected chi connectivity index (χ1v) is 5.53. The summed E-state index contributed by atoms with van der Waals surface area (Å²) in [6, 6.07) is 6.74. The molecule has 2 rings (SSSR count). The lowest BCUT2D eigenvalue weighted by Gasteiger charge is -2.08. The Morgan fingerprint density at radius 1 is 1.28 bits per heavy atom. The van der Waals surface area contributed by atoms with Crippen LogP contribution in [0.15, 0.2) is 33.9 Å². The number of aromatic amines is 1. The Morgan fingerprint density at radius 2 is 2.00 bits per heavy atom. The number of H-pyrrole nitrogens is 1. The molecule has 6 nitrogen and oxygen atoms in total. The number of rotatable bonds is 4. The second-order valence-corrected chi connectivity index (χ2v) is 3.93. The fourth-order valence-electron chi connectivity index (χ4n) is 1.85. The van der Waals surface area contributed by atoms with E-state index in [2.05, 4.69) is 4.98 Å². The van der Waals surface area contributed by atoms with Crippen molar-refractivity contribution < 1.29 is 9.90 Å². The van der Waals surface area contributed by atoms with Gasteiger partial charge in [-0.15, -0.1) is 0 Å². The van der Waals surface area contributed by atoms with Crippen LogP contribution in [0.4, 0.5) is 0 Å². The number of nitrogens with zero attached hydrogens (tertiary/aromatic N) is 1. The SMILES string of the molecule is O=C(O)CCCn1c(=O)[nH]c(=O)c2ccccc21. The molecule has 18 heavy (non-hydrogen) atoms. The van der Waals surface area contributed by atoms with E-state index >= 15 is 0 Å². The van der Waals surface area contributed by atoms with Gasteiger partial charge in [0.2, 0.25) is 0 Å². The topological polar surface area (TPSA) is 92.2 Å². The summed E-state index contributed by atoms with van der Waals surface area (Å²) in [5.41, 5.74) is -0.411. The smallest absolute Gasteiger partial charge is 0.328 e. The fourth-order valence-corrected chi connectivity index (χ4v) is 1.85. The lowest BCUT2D eigenvalue weighted by Crippen LogP contribution is -2.30.